The number of hydrogen-bond donors (Lipinski definition) is 0. The molecule has 1 heteroatoms. The minimum atomic E-state index is 1.37. The van der Waals surface area contributed by atoms with Gasteiger partial charge in [0.15, 0.2) is 0 Å². The van der Waals surface area contributed by atoms with Crippen molar-refractivity contribution in [3.05, 3.63) is 0 Å². The summed E-state index contributed by atoms with van der Waals surface area (Å²) < 4.78 is 1.50. The van der Waals surface area contributed by atoms with E-state index in [0.29, 0.717) is 0 Å². The van der Waals surface area contributed by atoms with E-state index in [2.05, 4.69) is 27.7 Å². The van der Waals surface area contributed by atoms with Crippen molar-refractivity contribution in [3.63, 3.8) is 0 Å². The van der Waals surface area contributed by atoms with Crippen LogP contribution in [0.1, 0.15) is 541 Å². The topological polar surface area (TPSA) is 0 Å². The van der Waals surface area contributed by atoms with E-state index in [-0.39, 0.29) is 0 Å². The van der Waals surface area contributed by atoms with Crippen molar-refractivity contribution >= 4 is 0 Å². The highest BCUT2D eigenvalue weighted by Gasteiger charge is 2.26. The van der Waals surface area contributed by atoms with Crippen LogP contribution < -0.4 is 0 Å². The van der Waals surface area contributed by atoms with Crippen molar-refractivity contribution in [3.8, 4) is 0 Å². The Morgan fingerprint density at radius 2 is 0.157 bits per heavy atom. The van der Waals surface area contributed by atoms with Gasteiger partial charge >= 0.3 is 0 Å². The highest BCUT2D eigenvalue weighted by molar-refractivity contribution is 4.59. The fourth-order valence-electron chi connectivity index (χ4n) is 15.5. The number of unbranched alkanes of at least 4 members (excludes halogenated alkanes) is 76. The first-order chi connectivity index (χ1) is 44.2. The van der Waals surface area contributed by atoms with Crippen molar-refractivity contribution in [1.29, 1.82) is 0 Å². The lowest BCUT2D eigenvalue weighted by Crippen LogP contribution is -2.50. The molecule has 0 aliphatic rings. The Kier molecular flexibility index (Phi) is 82.2. The summed E-state index contributed by atoms with van der Waals surface area (Å²) in [6, 6.07) is 0. The van der Waals surface area contributed by atoms with Gasteiger partial charge in [-0.3, -0.25) is 0 Å². The third-order valence-electron chi connectivity index (χ3n) is 21.9. The van der Waals surface area contributed by atoms with Crippen LogP contribution in [0.4, 0.5) is 0 Å². The second-order valence-electron chi connectivity index (χ2n) is 31.1. The Balaban J connectivity index is 4.99. The molecule has 0 unspecified atom stereocenters. The molecule has 0 atom stereocenters. The molecule has 0 aliphatic carbocycles. The molecule has 0 aliphatic heterocycles. The molecular weight excluding hydrogens is 1070 g/mol. The molecule has 0 radical (unpaired) electrons. The average Bonchev–Trinajstić information content (AvgIpc) is 3.74. The van der Waals surface area contributed by atoms with Gasteiger partial charge in [0.2, 0.25) is 0 Å². The van der Waals surface area contributed by atoms with Crippen LogP contribution in [0, 0.1) is 0 Å². The summed E-state index contributed by atoms with van der Waals surface area (Å²) in [4.78, 5) is 0. The Labute approximate surface area is 568 Å². The monoisotopic (exact) mass is 1250 g/mol. The fraction of sp³-hybridized carbons (Fsp3) is 1.00. The molecule has 0 rings (SSSR count). The number of hydrogen-bond acceptors (Lipinski definition) is 0. The molecule has 0 saturated carbocycles. The average molecular weight is 1250 g/mol. The van der Waals surface area contributed by atoms with E-state index in [1.807, 2.05) is 0 Å². The van der Waals surface area contributed by atoms with Crippen LogP contribution in [0.15, 0.2) is 0 Å². The van der Waals surface area contributed by atoms with Crippen molar-refractivity contribution in [1.82, 2.24) is 0 Å². The number of rotatable bonds is 84. The van der Waals surface area contributed by atoms with Gasteiger partial charge in [-0.25, -0.2) is 0 Å². The first-order valence-corrected chi connectivity index (χ1v) is 44.1. The molecule has 0 heterocycles. The summed E-state index contributed by atoms with van der Waals surface area (Å²) in [7, 11) is 0. The first-order valence-electron chi connectivity index (χ1n) is 44.1. The van der Waals surface area contributed by atoms with E-state index < -0.39 is 0 Å². The largest absolute Gasteiger partial charge is 0.324 e. The molecular formula is C88H180N+. The predicted molar refractivity (Wildman–Crippen MR) is 412 cm³/mol. The molecule has 89 heavy (non-hydrogen) atoms. The maximum Gasteiger partial charge on any atom is 0.0786 e. The van der Waals surface area contributed by atoms with E-state index in [9.17, 15) is 0 Å². The van der Waals surface area contributed by atoms with Crippen molar-refractivity contribution in [2.45, 2.75) is 541 Å². The second kappa shape index (κ2) is 82.2. The van der Waals surface area contributed by atoms with Crippen molar-refractivity contribution in [2.24, 2.45) is 0 Å². The Hall–Kier alpha value is -0.0400. The zero-order valence-corrected chi connectivity index (χ0v) is 63.8. The number of quaternary nitrogens is 1. The van der Waals surface area contributed by atoms with Gasteiger partial charge in [-0.2, -0.15) is 0 Å². The van der Waals surface area contributed by atoms with E-state index in [1.165, 1.54) is 544 Å². The molecule has 0 bridgehead atoms. The van der Waals surface area contributed by atoms with Crippen LogP contribution in [0.3, 0.4) is 0 Å². The lowest BCUT2D eigenvalue weighted by atomic mass is 10.0. The molecule has 0 aromatic rings. The van der Waals surface area contributed by atoms with Crippen LogP contribution in [0.5, 0.6) is 0 Å². The molecule has 0 aromatic carbocycles. The molecule has 0 amide bonds. The quantitative estimate of drug-likeness (QED) is 0.0421. The summed E-state index contributed by atoms with van der Waals surface area (Å²) in [6.07, 6.45) is 119. The molecule has 536 valence electrons. The van der Waals surface area contributed by atoms with Crippen LogP contribution in [0.2, 0.25) is 0 Å². The molecule has 0 saturated heterocycles. The summed E-state index contributed by atoms with van der Waals surface area (Å²) >= 11 is 0. The molecule has 0 fully saturated rings. The van der Waals surface area contributed by atoms with Gasteiger partial charge in [-0.1, -0.05) is 490 Å². The molecule has 1 nitrogen and oxygen atoms in total. The van der Waals surface area contributed by atoms with Gasteiger partial charge in [0.1, 0.15) is 0 Å². The Bertz CT molecular complexity index is 993. The summed E-state index contributed by atoms with van der Waals surface area (Å²) in [6.45, 7) is 15.3. The molecule has 0 aromatic heterocycles. The van der Waals surface area contributed by atoms with Gasteiger partial charge in [-0.15, -0.1) is 0 Å². The van der Waals surface area contributed by atoms with Crippen molar-refractivity contribution in [2.75, 3.05) is 26.2 Å². The van der Waals surface area contributed by atoms with Crippen LogP contribution >= 0.6 is 0 Å². The van der Waals surface area contributed by atoms with E-state index in [4.69, 9.17) is 0 Å². The fourth-order valence-corrected chi connectivity index (χ4v) is 15.5. The summed E-state index contributed by atoms with van der Waals surface area (Å²) in [5, 5.41) is 0. The third kappa shape index (κ3) is 76.9. The maximum atomic E-state index is 2.33. The second-order valence-corrected chi connectivity index (χ2v) is 31.1. The minimum absolute atomic E-state index is 1.37. The van der Waals surface area contributed by atoms with Crippen LogP contribution in [-0.4, -0.2) is 30.7 Å². The third-order valence-corrected chi connectivity index (χ3v) is 21.9. The smallest absolute Gasteiger partial charge is 0.0786 e. The van der Waals surface area contributed by atoms with Gasteiger partial charge < -0.3 is 4.48 Å². The summed E-state index contributed by atoms with van der Waals surface area (Å²) in [5.41, 5.74) is 0. The van der Waals surface area contributed by atoms with E-state index in [0.717, 1.165) is 0 Å². The Morgan fingerprint density at radius 3 is 0.236 bits per heavy atom. The summed E-state index contributed by atoms with van der Waals surface area (Å²) in [5.74, 6) is 0. The zero-order chi connectivity index (χ0) is 63.9. The lowest BCUT2D eigenvalue weighted by molar-refractivity contribution is -0.929. The van der Waals surface area contributed by atoms with Gasteiger partial charge in [0.05, 0.1) is 26.2 Å². The SMILES string of the molecule is CCCCCCCCCCCCCCCCCCCCCC[N+](CCCCCCCCCCCCCCCCCCCCCC)(CCCCCCCCCCCCCCCCCCCCCC)CCCCCCCCCCCCCCCCCCCCCC. The van der Waals surface area contributed by atoms with Crippen LogP contribution in [0.25, 0.3) is 0 Å². The predicted octanol–water partition coefficient (Wildman–Crippen LogP) is 33.1. The van der Waals surface area contributed by atoms with E-state index >= 15 is 0 Å². The zero-order valence-electron chi connectivity index (χ0n) is 63.8. The standard InChI is InChI=1S/C88H180N/c1-5-9-13-17-21-25-29-33-37-41-45-49-53-57-61-65-69-73-77-81-85-89(86-82-78-74-70-66-62-58-54-50-46-42-38-34-30-26-22-18-14-10-6-2,87-83-79-75-71-67-63-59-55-51-47-43-39-35-31-27-23-19-15-11-7-3)88-84-80-76-72-68-64-60-56-52-48-44-40-36-32-28-24-20-16-12-8-4/h5-88H2,1-4H3/q+1. The van der Waals surface area contributed by atoms with Gasteiger partial charge in [0, 0.05) is 0 Å². The van der Waals surface area contributed by atoms with Crippen LogP contribution in [-0.2, 0) is 0 Å². The molecule has 0 N–H and O–H groups in total. The normalized spacial score (nSPS) is 12.0. The maximum absolute atomic E-state index is 2.33. The highest BCUT2D eigenvalue weighted by atomic mass is 15.3. The lowest BCUT2D eigenvalue weighted by Gasteiger charge is -2.40. The first kappa shape index (κ1) is 89.0. The highest BCUT2D eigenvalue weighted by Crippen LogP contribution is 2.24. The van der Waals surface area contributed by atoms with Gasteiger partial charge in [-0.05, 0) is 51.4 Å². The number of nitrogens with zero attached hydrogens (tertiary/aromatic N) is 1. The Morgan fingerprint density at radius 1 is 0.0899 bits per heavy atom. The van der Waals surface area contributed by atoms with Crippen molar-refractivity contribution < 1.29 is 4.48 Å². The van der Waals surface area contributed by atoms with E-state index in [1.54, 1.807) is 0 Å². The molecule has 0 spiro atoms. The van der Waals surface area contributed by atoms with Gasteiger partial charge in [0.25, 0.3) is 0 Å². The minimum Gasteiger partial charge on any atom is -0.324 e.